The Morgan fingerprint density at radius 3 is 2.57 bits per heavy atom. The van der Waals surface area contributed by atoms with E-state index < -0.39 is 11.9 Å². The highest BCUT2D eigenvalue weighted by Gasteiger charge is 2.37. The summed E-state index contributed by atoms with van der Waals surface area (Å²) in [6.45, 7) is 2.60. The summed E-state index contributed by atoms with van der Waals surface area (Å²) in [6, 6.07) is 12.3. The van der Waals surface area contributed by atoms with Gasteiger partial charge in [-0.1, -0.05) is 23.8 Å². The Morgan fingerprint density at radius 1 is 1.21 bits per heavy atom. The normalized spacial score (nSPS) is 16.1. The summed E-state index contributed by atoms with van der Waals surface area (Å²) in [4.78, 5) is 38.1. The lowest BCUT2D eigenvalue weighted by molar-refractivity contribution is -0.132. The van der Waals surface area contributed by atoms with Crippen molar-refractivity contribution in [2.75, 3.05) is 18.6 Å². The first kappa shape index (κ1) is 19.4. The van der Waals surface area contributed by atoms with Crippen LogP contribution in [0.25, 0.3) is 0 Å². The Morgan fingerprint density at radius 2 is 1.93 bits per heavy atom. The Bertz CT molecular complexity index is 908. The highest BCUT2D eigenvalue weighted by Crippen LogP contribution is 2.26. The number of carbonyl (C=O) groups excluding carboxylic acids is 2. The number of aryl methyl sites for hydroxylation is 1. The molecule has 2 amide bonds. The predicted molar refractivity (Wildman–Crippen MR) is 103 cm³/mol. The molecule has 28 heavy (non-hydrogen) atoms. The number of carboxylic acids is 1. The molecule has 0 saturated carbocycles. The van der Waals surface area contributed by atoms with Gasteiger partial charge >= 0.3 is 5.97 Å². The average Bonchev–Trinajstić information content (AvgIpc) is 3.08. The molecule has 0 unspecified atom stereocenters. The van der Waals surface area contributed by atoms with Gasteiger partial charge in [-0.3, -0.25) is 9.59 Å². The fraction of sp³-hybridized carbons (Fsp3) is 0.286. The first-order valence-electron chi connectivity index (χ1n) is 8.96. The number of ether oxygens (including phenoxy) is 1. The molecule has 0 bridgehead atoms. The van der Waals surface area contributed by atoms with E-state index in [0.29, 0.717) is 18.5 Å². The fourth-order valence-corrected chi connectivity index (χ4v) is 3.25. The van der Waals surface area contributed by atoms with E-state index in [1.165, 1.54) is 13.2 Å². The number of carboxylic acid groups (broad SMARTS) is 1. The largest absolute Gasteiger partial charge is 0.496 e. The van der Waals surface area contributed by atoms with Gasteiger partial charge in [0.05, 0.1) is 7.11 Å². The molecule has 7 heteroatoms. The van der Waals surface area contributed by atoms with Gasteiger partial charge in [0.15, 0.2) is 0 Å². The summed E-state index contributed by atoms with van der Waals surface area (Å²) in [5, 5.41) is 12.0. The third-order valence-electron chi connectivity index (χ3n) is 4.83. The molecule has 1 fully saturated rings. The van der Waals surface area contributed by atoms with Crippen molar-refractivity contribution >= 4 is 23.5 Å². The fourth-order valence-electron chi connectivity index (χ4n) is 3.25. The Kier molecular flexibility index (Phi) is 5.63. The van der Waals surface area contributed by atoms with Gasteiger partial charge in [0.1, 0.15) is 17.2 Å². The van der Waals surface area contributed by atoms with Gasteiger partial charge in [-0.05, 0) is 43.2 Å². The van der Waals surface area contributed by atoms with Crippen molar-refractivity contribution in [2.24, 2.45) is 5.92 Å². The van der Waals surface area contributed by atoms with Crippen molar-refractivity contribution in [2.45, 2.75) is 19.9 Å². The second-order valence-corrected chi connectivity index (χ2v) is 6.72. The Hall–Kier alpha value is -3.35. The van der Waals surface area contributed by atoms with E-state index in [2.05, 4.69) is 5.32 Å². The van der Waals surface area contributed by atoms with E-state index in [1.54, 1.807) is 17.0 Å². The topological polar surface area (TPSA) is 95.9 Å². The quantitative estimate of drug-likeness (QED) is 0.748. The maximum Gasteiger partial charge on any atom is 0.339 e. The number of rotatable bonds is 6. The van der Waals surface area contributed by atoms with Crippen LogP contribution >= 0.6 is 0 Å². The standard InChI is InChI=1S/C21H22N2O5/c1-13-3-6-15(7-4-13)23-10-9-16(20(23)25)19(24)22-12-14-5-8-18(28-2)17(11-14)21(26)27/h3-8,11,16H,9-10,12H2,1-2H3,(H,22,24)(H,26,27)/t16-/m0/s1. The van der Waals surface area contributed by atoms with E-state index >= 15 is 0 Å². The van der Waals surface area contributed by atoms with Crippen molar-refractivity contribution in [1.82, 2.24) is 5.32 Å². The summed E-state index contributed by atoms with van der Waals surface area (Å²) in [6.07, 6.45) is 0.446. The number of aromatic carboxylic acids is 1. The van der Waals surface area contributed by atoms with Gasteiger partial charge in [-0.25, -0.2) is 4.79 Å². The lowest BCUT2D eigenvalue weighted by Crippen LogP contribution is -2.36. The van der Waals surface area contributed by atoms with E-state index in [4.69, 9.17) is 4.74 Å². The van der Waals surface area contributed by atoms with Gasteiger partial charge in [0.2, 0.25) is 11.8 Å². The molecule has 0 aromatic heterocycles. The minimum atomic E-state index is -1.11. The summed E-state index contributed by atoms with van der Waals surface area (Å²) < 4.78 is 5.03. The lowest BCUT2D eigenvalue weighted by Gasteiger charge is -2.17. The SMILES string of the molecule is COc1ccc(CNC(=O)[C@@H]2CCN(c3ccc(C)cc3)C2=O)cc1C(=O)O. The van der Waals surface area contributed by atoms with Gasteiger partial charge in [-0.15, -0.1) is 0 Å². The number of nitrogens with one attached hydrogen (secondary N) is 1. The maximum atomic E-state index is 12.6. The van der Waals surface area contributed by atoms with Gasteiger partial charge in [-0.2, -0.15) is 0 Å². The monoisotopic (exact) mass is 382 g/mol. The number of nitrogens with zero attached hydrogens (tertiary/aromatic N) is 1. The predicted octanol–water partition coefficient (Wildman–Crippen LogP) is 2.37. The number of benzene rings is 2. The van der Waals surface area contributed by atoms with Crippen LogP contribution in [0, 0.1) is 12.8 Å². The minimum absolute atomic E-state index is 0.0248. The third kappa shape index (κ3) is 3.98. The van der Waals surface area contributed by atoms with Crippen molar-refractivity contribution in [3.05, 3.63) is 59.2 Å². The highest BCUT2D eigenvalue weighted by molar-refractivity contribution is 6.09. The first-order chi connectivity index (χ1) is 13.4. The molecule has 146 valence electrons. The van der Waals surface area contributed by atoms with E-state index in [-0.39, 0.29) is 29.7 Å². The molecule has 0 aliphatic carbocycles. The van der Waals surface area contributed by atoms with Crippen molar-refractivity contribution in [3.8, 4) is 5.75 Å². The van der Waals surface area contributed by atoms with Gasteiger partial charge in [0.25, 0.3) is 0 Å². The average molecular weight is 382 g/mol. The van der Waals surface area contributed by atoms with Crippen molar-refractivity contribution in [3.63, 3.8) is 0 Å². The van der Waals surface area contributed by atoms with Crippen LogP contribution < -0.4 is 15.0 Å². The molecule has 3 rings (SSSR count). The summed E-state index contributed by atoms with van der Waals surface area (Å²) in [7, 11) is 1.40. The molecular weight excluding hydrogens is 360 g/mol. The van der Waals surface area contributed by atoms with Crippen LogP contribution in [0.4, 0.5) is 5.69 Å². The molecule has 0 spiro atoms. The number of anilines is 1. The summed E-state index contributed by atoms with van der Waals surface area (Å²) in [5.74, 6) is -2.17. The Labute approximate surface area is 162 Å². The second kappa shape index (κ2) is 8.12. The molecule has 0 radical (unpaired) electrons. The Balaban J connectivity index is 1.64. The molecule has 2 aromatic carbocycles. The van der Waals surface area contributed by atoms with Crippen LogP contribution in [0.1, 0.15) is 27.9 Å². The lowest BCUT2D eigenvalue weighted by atomic mass is 10.1. The molecule has 1 heterocycles. The van der Waals surface area contributed by atoms with Crippen LogP contribution in [0.5, 0.6) is 5.75 Å². The summed E-state index contributed by atoms with van der Waals surface area (Å²) in [5.41, 5.74) is 2.53. The van der Waals surface area contributed by atoms with Crippen molar-refractivity contribution in [1.29, 1.82) is 0 Å². The second-order valence-electron chi connectivity index (χ2n) is 6.72. The number of carbonyl (C=O) groups is 3. The van der Waals surface area contributed by atoms with Gasteiger partial charge in [0, 0.05) is 18.8 Å². The van der Waals surface area contributed by atoms with E-state index in [9.17, 15) is 19.5 Å². The molecule has 1 aliphatic rings. The van der Waals surface area contributed by atoms with E-state index in [0.717, 1.165) is 11.3 Å². The minimum Gasteiger partial charge on any atom is -0.496 e. The van der Waals surface area contributed by atoms with Crippen LogP contribution in [0.15, 0.2) is 42.5 Å². The molecule has 1 saturated heterocycles. The zero-order chi connectivity index (χ0) is 20.3. The maximum absolute atomic E-state index is 12.6. The molecule has 2 aromatic rings. The molecule has 2 N–H and O–H groups in total. The zero-order valence-electron chi connectivity index (χ0n) is 15.8. The molecule has 1 aliphatic heterocycles. The third-order valence-corrected chi connectivity index (χ3v) is 4.83. The molecule has 7 nitrogen and oxygen atoms in total. The van der Waals surface area contributed by atoms with Crippen LogP contribution in [-0.4, -0.2) is 36.5 Å². The van der Waals surface area contributed by atoms with E-state index in [1.807, 2.05) is 31.2 Å². The van der Waals surface area contributed by atoms with Crippen molar-refractivity contribution < 1.29 is 24.2 Å². The van der Waals surface area contributed by atoms with Gasteiger partial charge < -0.3 is 20.1 Å². The smallest absolute Gasteiger partial charge is 0.339 e. The zero-order valence-corrected chi connectivity index (χ0v) is 15.8. The van der Waals surface area contributed by atoms with Crippen LogP contribution in [0.2, 0.25) is 0 Å². The number of amides is 2. The highest BCUT2D eigenvalue weighted by atomic mass is 16.5. The van der Waals surface area contributed by atoms with Crippen LogP contribution in [0.3, 0.4) is 0 Å². The van der Waals surface area contributed by atoms with Crippen LogP contribution in [-0.2, 0) is 16.1 Å². The number of hydrogen-bond donors (Lipinski definition) is 2. The number of methoxy groups -OCH3 is 1. The number of hydrogen-bond acceptors (Lipinski definition) is 4. The summed E-state index contributed by atoms with van der Waals surface area (Å²) >= 11 is 0. The molecule has 1 atom stereocenters. The molecular formula is C21H22N2O5. The first-order valence-corrected chi connectivity index (χ1v) is 8.96.